The smallest absolute Gasteiger partial charge is 0.389 e. The highest BCUT2D eigenvalue weighted by atomic mass is 16.6. The molecule has 3 rings (SSSR count). The van der Waals surface area contributed by atoms with Crippen LogP contribution in [0.1, 0.15) is 27.4 Å². The summed E-state index contributed by atoms with van der Waals surface area (Å²) in [5.74, 6) is 0.786. The zero-order valence-corrected chi connectivity index (χ0v) is 13.5. The van der Waals surface area contributed by atoms with Crippen molar-refractivity contribution in [3.8, 4) is 0 Å². The van der Waals surface area contributed by atoms with E-state index in [4.69, 9.17) is 4.42 Å². The summed E-state index contributed by atoms with van der Waals surface area (Å²) >= 11 is 0. The Balaban J connectivity index is 1.65. The summed E-state index contributed by atoms with van der Waals surface area (Å²) in [6.45, 7) is 2.23. The number of ketones is 1. The van der Waals surface area contributed by atoms with Gasteiger partial charge in [0, 0.05) is 5.56 Å². The molecule has 3 aromatic rings. The molecule has 0 N–H and O–H groups in total. The van der Waals surface area contributed by atoms with Crippen LogP contribution in [0.4, 0.5) is 5.82 Å². The molecule has 0 spiro atoms. The predicted molar refractivity (Wildman–Crippen MR) is 91.2 cm³/mol. The molecule has 0 unspecified atom stereocenters. The number of furan rings is 1. The van der Waals surface area contributed by atoms with Crippen molar-refractivity contribution in [2.45, 2.75) is 13.5 Å². The zero-order valence-electron chi connectivity index (χ0n) is 13.5. The number of carbonyl (C=O) groups excluding carboxylic acids is 1. The van der Waals surface area contributed by atoms with Gasteiger partial charge in [-0.1, -0.05) is 29.8 Å². The maximum atomic E-state index is 12.1. The Morgan fingerprint density at radius 1 is 1.24 bits per heavy atom. The molecule has 2 aromatic heterocycles. The third-order valence-electron chi connectivity index (χ3n) is 3.55. The van der Waals surface area contributed by atoms with E-state index in [9.17, 15) is 14.9 Å². The molecule has 126 valence electrons. The van der Waals surface area contributed by atoms with E-state index >= 15 is 0 Å². The summed E-state index contributed by atoms with van der Waals surface area (Å²) < 4.78 is 7.01. The Morgan fingerprint density at radius 2 is 2.00 bits per heavy atom. The van der Waals surface area contributed by atoms with E-state index in [1.807, 2.05) is 19.1 Å². The normalized spacial score (nSPS) is 11.1. The largest absolute Gasteiger partial charge is 0.460 e. The maximum absolute atomic E-state index is 12.1. The van der Waals surface area contributed by atoms with Crippen molar-refractivity contribution in [3.05, 3.63) is 87.5 Å². The van der Waals surface area contributed by atoms with Crippen molar-refractivity contribution in [1.82, 2.24) is 9.78 Å². The van der Waals surface area contributed by atoms with Crippen molar-refractivity contribution < 1.29 is 14.1 Å². The molecule has 25 heavy (non-hydrogen) atoms. The van der Waals surface area contributed by atoms with Crippen LogP contribution in [0.15, 0.2) is 59.2 Å². The van der Waals surface area contributed by atoms with E-state index in [0.717, 1.165) is 5.56 Å². The maximum Gasteiger partial charge on any atom is 0.389 e. The lowest BCUT2D eigenvalue weighted by Gasteiger charge is -1.96. The molecular formula is C18H15N3O4. The molecule has 0 radical (unpaired) electrons. The molecule has 0 atom stereocenters. The molecule has 1 aromatic carbocycles. The monoisotopic (exact) mass is 337 g/mol. The van der Waals surface area contributed by atoms with Gasteiger partial charge in [0.15, 0.2) is 5.78 Å². The van der Waals surface area contributed by atoms with Gasteiger partial charge in [-0.3, -0.25) is 4.79 Å². The van der Waals surface area contributed by atoms with Crippen LogP contribution in [0.5, 0.6) is 0 Å². The van der Waals surface area contributed by atoms with Gasteiger partial charge in [0.25, 0.3) is 0 Å². The molecule has 7 heteroatoms. The van der Waals surface area contributed by atoms with Gasteiger partial charge in [0.1, 0.15) is 18.1 Å². The molecule has 0 bridgehead atoms. The quantitative estimate of drug-likeness (QED) is 0.296. The molecule has 2 heterocycles. The van der Waals surface area contributed by atoms with Crippen molar-refractivity contribution in [2.24, 2.45) is 0 Å². The van der Waals surface area contributed by atoms with Crippen LogP contribution >= 0.6 is 0 Å². The van der Waals surface area contributed by atoms with Crippen molar-refractivity contribution in [3.63, 3.8) is 0 Å². The second-order valence-electron chi connectivity index (χ2n) is 5.50. The van der Waals surface area contributed by atoms with E-state index in [-0.39, 0.29) is 18.1 Å². The van der Waals surface area contributed by atoms with Gasteiger partial charge >= 0.3 is 5.82 Å². The van der Waals surface area contributed by atoms with Crippen LogP contribution in [0, 0.1) is 17.0 Å². The second kappa shape index (κ2) is 6.96. The Morgan fingerprint density at radius 3 is 2.68 bits per heavy atom. The summed E-state index contributed by atoms with van der Waals surface area (Å²) in [6, 6.07) is 12.1. The lowest BCUT2D eigenvalue weighted by Crippen LogP contribution is -2.00. The molecular weight excluding hydrogens is 322 g/mol. The number of allylic oxidation sites excluding steroid dienone is 1. The summed E-state index contributed by atoms with van der Waals surface area (Å²) in [4.78, 5) is 22.2. The van der Waals surface area contributed by atoms with Gasteiger partial charge in [-0.15, -0.1) is 0 Å². The van der Waals surface area contributed by atoms with Gasteiger partial charge < -0.3 is 14.5 Å². The number of rotatable bonds is 6. The Kier molecular flexibility index (Phi) is 4.56. The first-order chi connectivity index (χ1) is 12.0. The molecule has 0 saturated carbocycles. The number of hydrogen-bond donors (Lipinski definition) is 0. The summed E-state index contributed by atoms with van der Waals surface area (Å²) in [6.07, 6.45) is 4.56. The summed E-state index contributed by atoms with van der Waals surface area (Å²) in [5, 5.41) is 14.4. The molecule has 0 saturated heterocycles. The minimum Gasteiger partial charge on any atom is -0.460 e. The van der Waals surface area contributed by atoms with Crippen LogP contribution in [-0.4, -0.2) is 20.5 Å². The van der Waals surface area contributed by atoms with Gasteiger partial charge in [0.05, 0.1) is 17.4 Å². The SMILES string of the molecule is Cc1ccc(C(=O)/C=C/c2ccc(Cn3ccc([N+](=O)[O-])n3)o2)cc1. The number of aromatic nitrogens is 2. The van der Waals surface area contributed by atoms with E-state index in [1.54, 1.807) is 30.3 Å². The number of nitro groups is 1. The second-order valence-corrected chi connectivity index (χ2v) is 5.50. The molecule has 0 fully saturated rings. The minimum atomic E-state index is -0.552. The fraction of sp³-hybridized carbons (Fsp3) is 0.111. The molecule has 0 aliphatic rings. The Bertz CT molecular complexity index is 935. The summed E-state index contributed by atoms with van der Waals surface area (Å²) in [7, 11) is 0. The zero-order chi connectivity index (χ0) is 17.8. The fourth-order valence-corrected chi connectivity index (χ4v) is 2.24. The fourth-order valence-electron chi connectivity index (χ4n) is 2.24. The van der Waals surface area contributed by atoms with Crippen molar-refractivity contribution in [2.75, 3.05) is 0 Å². The molecule has 0 amide bonds. The number of nitrogens with zero attached hydrogens (tertiary/aromatic N) is 3. The number of carbonyl (C=O) groups is 1. The average Bonchev–Trinajstić information content (AvgIpc) is 3.23. The first-order valence-electron chi connectivity index (χ1n) is 7.57. The van der Waals surface area contributed by atoms with E-state index < -0.39 is 4.92 Å². The number of aryl methyl sites for hydroxylation is 1. The third kappa shape index (κ3) is 4.08. The third-order valence-corrected chi connectivity index (χ3v) is 3.55. The lowest BCUT2D eigenvalue weighted by atomic mass is 10.1. The molecule has 0 aliphatic carbocycles. The van der Waals surface area contributed by atoms with Crippen LogP contribution in [0.2, 0.25) is 0 Å². The van der Waals surface area contributed by atoms with Gasteiger partial charge in [-0.25, -0.2) is 0 Å². The highest BCUT2D eigenvalue weighted by Gasteiger charge is 2.12. The Hall–Kier alpha value is -3.48. The van der Waals surface area contributed by atoms with Crippen molar-refractivity contribution in [1.29, 1.82) is 0 Å². The van der Waals surface area contributed by atoms with Crippen LogP contribution in [0.25, 0.3) is 6.08 Å². The van der Waals surface area contributed by atoms with Crippen molar-refractivity contribution >= 4 is 17.7 Å². The predicted octanol–water partition coefficient (Wildman–Crippen LogP) is 3.64. The number of benzene rings is 1. The Labute approximate surface area is 143 Å². The van der Waals surface area contributed by atoms with E-state index in [0.29, 0.717) is 17.1 Å². The minimum absolute atomic E-state index is 0.111. The standard InChI is InChI=1S/C18H15N3O4/c1-13-2-4-14(5-3-13)17(22)9-8-15-6-7-16(25-15)12-20-11-10-18(19-20)21(23)24/h2-11H,12H2,1H3/b9-8+. The lowest BCUT2D eigenvalue weighted by molar-refractivity contribution is -0.389. The first kappa shape index (κ1) is 16.4. The molecule has 7 nitrogen and oxygen atoms in total. The van der Waals surface area contributed by atoms with E-state index in [1.165, 1.54) is 23.0 Å². The summed E-state index contributed by atoms with van der Waals surface area (Å²) in [5.41, 5.74) is 1.70. The first-order valence-corrected chi connectivity index (χ1v) is 7.57. The van der Waals surface area contributed by atoms with E-state index in [2.05, 4.69) is 5.10 Å². The van der Waals surface area contributed by atoms with Crippen LogP contribution < -0.4 is 0 Å². The highest BCUT2D eigenvalue weighted by Crippen LogP contribution is 2.14. The topological polar surface area (TPSA) is 91.2 Å². The van der Waals surface area contributed by atoms with Gasteiger partial charge in [-0.05, 0) is 36.1 Å². The highest BCUT2D eigenvalue weighted by molar-refractivity contribution is 6.06. The van der Waals surface area contributed by atoms with Crippen LogP contribution in [-0.2, 0) is 6.54 Å². The average molecular weight is 337 g/mol. The van der Waals surface area contributed by atoms with Gasteiger partial charge in [0.2, 0.25) is 0 Å². The van der Waals surface area contributed by atoms with Crippen LogP contribution in [0.3, 0.4) is 0 Å². The molecule has 0 aliphatic heterocycles. The number of hydrogen-bond acceptors (Lipinski definition) is 5. The van der Waals surface area contributed by atoms with Gasteiger partial charge in [-0.2, -0.15) is 4.68 Å².